The standard InChI is InChI=1S/C14H11BrF3N7O/c1-6-5-8(3-4-9(6)15)20-11(26)10-19-7(2)25(24-10)13-21-12(22-23-13)14(16,17)18/h3-5H,1-2H3,(H,20,26)(H,21,22,23). The third-order valence-corrected chi connectivity index (χ3v) is 4.21. The molecule has 1 amide bonds. The fraction of sp³-hybridized carbons (Fsp3) is 0.214. The van der Waals surface area contributed by atoms with Crippen LogP contribution >= 0.6 is 15.9 Å². The second-order valence-electron chi connectivity index (χ2n) is 5.29. The van der Waals surface area contributed by atoms with Gasteiger partial charge in [-0.1, -0.05) is 15.9 Å². The Morgan fingerprint density at radius 2 is 2.00 bits per heavy atom. The third-order valence-electron chi connectivity index (χ3n) is 3.32. The normalized spacial score (nSPS) is 11.6. The van der Waals surface area contributed by atoms with Gasteiger partial charge >= 0.3 is 6.18 Å². The van der Waals surface area contributed by atoms with Gasteiger partial charge < -0.3 is 5.32 Å². The summed E-state index contributed by atoms with van der Waals surface area (Å²) in [7, 11) is 0. The van der Waals surface area contributed by atoms with E-state index in [-0.39, 0.29) is 17.6 Å². The second kappa shape index (κ2) is 6.52. The molecule has 0 saturated carbocycles. The quantitative estimate of drug-likeness (QED) is 0.666. The Morgan fingerprint density at radius 1 is 1.27 bits per heavy atom. The number of aromatic nitrogens is 6. The Kier molecular flexibility index (Phi) is 4.52. The number of alkyl halides is 3. The Balaban J connectivity index is 1.84. The highest BCUT2D eigenvalue weighted by atomic mass is 79.9. The van der Waals surface area contributed by atoms with Crippen LogP contribution in [0.15, 0.2) is 22.7 Å². The maximum absolute atomic E-state index is 12.6. The summed E-state index contributed by atoms with van der Waals surface area (Å²) in [5.41, 5.74) is 1.44. The van der Waals surface area contributed by atoms with Crippen LogP contribution in [-0.4, -0.2) is 35.9 Å². The number of anilines is 1. The highest BCUT2D eigenvalue weighted by molar-refractivity contribution is 9.10. The predicted octanol–water partition coefficient (Wildman–Crippen LogP) is 3.04. The number of aryl methyl sites for hydroxylation is 2. The summed E-state index contributed by atoms with van der Waals surface area (Å²) in [4.78, 5) is 19.6. The average molecular weight is 430 g/mol. The van der Waals surface area contributed by atoms with Crippen molar-refractivity contribution in [3.05, 3.63) is 45.7 Å². The summed E-state index contributed by atoms with van der Waals surface area (Å²) in [6.45, 7) is 3.33. The van der Waals surface area contributed by atoms with Gasteiger partial charge in [0.1, 0.15) is 5.82 Å². The molecular weight excluding hydrogens is 419 g/mol. The minimum absolute atomic E-state index is 0.162. The lowest BCUT2D eigenvalue weighted by Crippen LogP contribution is -2.14. The van der Waals surface area contributed by atoms with E-state index in [4.69, 9.17) is 0 Å². The Hall–Kier alpha value is -2.76. The molecule has 3 rings (SSSR count). The number of nitrogens with zero attached hydrogens (tertiary/aromatic N) is 5. The minimum atomic E-state index is -4.67. The molecule has 0 bridgehead atoms. The van der Waals surface area contributed by atoms with Crippen LogP contribution in [0.1, 0.15) is 27.8 Å². The predicted molar refractivity (Wildman–Crippen MR) is 87.9 cm³/mol. The number of carbonyl (C=O) groups is 1. The van der Waals surface area contributed by atoms with Crippen molar-refractivity contribution in [3.63, 3.8) is 0 Å². The Morgan fingerprint density at radius 3 is 2.62 bits per heavy atom. The lowest BCUT2D eigenvalue weighted by Gasteiger charge is -2.04. The van der Waals surface area contributed by atoms with E-state index in [2.05, 4.69) is 41.4 Å². The number of nitrogens with one attached hydrogen (secondary N) is 2. The van der Waals surface area contributed by atoms with Gasteiger partial charge in [0.2, 0.25) is 11.6 Å². The van der Waals surface area contributed by atoms with Crippen LogP contribution in [0.4, 0.5) is 18.9 Å². The summed E-state index contributed by atoms with van der Waals surface area (Å²) in [5.74, 6) is -2.30. The molecule has 0 fully saturated rings. The van der Waals surface area contributed by atoms with E-state index in [9.17, 15) is 18.0 Å². The van der Waals surface area contributed by atoms with E-state index >= 15 is 0 Å². The second-order valence-corrected chi connectivity index (χ2v) is 6.15. The van der Waals surface area contributed by atoms with Crippen LogP contribution in [-0.2, 0) is 6.18 Å². The summed E-state index contributed by atoms with van der Waals surface area (Å²) in [6, 6.07) is 5.20. The molecule has 0 spiro atoms. The van der Waals surface area contributed by atoms with E-state index in [0.29, 0.717) is 5.69 Å². The Bertz CT molecular complexity index is 979. The molecule has 2 N–H and O–H groups in total. The average Bonchev–Trinajstić information content (AvgIpc) is 3.17. The number of benzene rings is 1. The number of carbonyl (C=O) groups excluding carboxylic acids is 1. The molecule has 0 aliphatic heterocycles. The molecule has 0 aliphatic rings. The zero-order chi connectivity index (χ0) is 19.1. The first-order chi connectivity index (χ1) is 12.1. The summed E-state index contributed by atoms with van der Waals surface area (Å²) in [5, 5.41) is 11.7. The van der Waals surface area contributed by atoms with E-state index in [1.807, 2.05) is 6.92 Å². The van der Waals surface area contributed by atoms with E-state index in [0.717, 1.165) is 14.7 Å². The number of aromatic amines is 1. The van der Waals surface area contributed by atoms with Gasteiger partial charge in [0.05, 0.1) is 0 Å². The smallest absolute Gasteiger partial charge is 0.319 e. The van der Waals surface area contributed by atoms with Crippen molar-refractivity contribution in [1.29, 1.82) is 0 Å². The molecule has 26 heavy (non-hydrogen) atoms. The monoisotopic (exact) mass is 429 g/mol. The molecular formula is C14H11BrF3N7O. The van der Waals surface area contributed by atoms with Crippen molar-refractivity contribution in [1.82, 2.24) is 29.9 Å². The highest BCUT2D eigenvalue weighted by Gasteiger charge is 2.35. The van der Waals surface area contributed by atoms with Crippen LogP contribution in [0.5, 0.6) is 0 Å². The number of H-pyrrole nitrogens is 1. The zero-order valence-electron chi connectivity index (χ0n) is 13.4. The highest BCUT2D eigenvalue weighted by Crippen LogP contribution is 2.26. The van der Waals surface area contributed by atoms with Gasteiger partial charge in [-0.25, -0.2) is 4.98 Å². The van der Waals surface area contributed by atoms with Crippen LogP contribution in [0.25, 0.3) is 5.95 Å². The molecule has 12 heteroatoms. The molecule has 8 nitrogen and oxygen atoms in total. The molecule has 0 radical (unpaired) electrons. The largest absolute Gasteiger partial charge is 0.451 e. The van der Waals surface area contributed by atoms with Gasteiger partial charge in [0, 0.05) is 10.2 Å². The summed E-state index contributed by atoms with van der Waals surface area (Å²) in [6.07, 6.45) is -4.67. The van der Waals surface area contributed by atoms with Crippen molar-refractivity contribution in [3.8, 4) is 5.95 Å². The van der Waals surface area contributed by atoms with Crippen molar-refractivity contribution in [2.24, 2.45) is 0 Å². The van der Waals surface area contributed by atoms with Crippen LogP contribution in [0.2, 0.25) is 0 Å². The molecule has 0 saturated heterocycles. The van der Waals surface area contributed by atoms with Gasteiger partial charge in [-0.2, -0.15) is 22.8 Å². The van der Waals surface area contributed by atoms with E-state index in [1.54, 1.807) is 23.3 Å². The molecule has 1 aromatic carbocycles. The third kappa shape index (κ3) is 3.59. The lowest BCUT2D eigenvalue weighted by atomic mass is 10.2. The van der Waals surface area contributed by atoms with Gasteiger partial charge in [-0.3, -0.25) is 9.89 Å². The van der Waals surface area contributed by atoms with Crippen molar-refractivity contribution >= 4 is 27.5 Å². The SMILES string of the molecule is Cc1cc(NC(=O)c2nc(C)n(-c3n[nH]c(C(F)(F)F)n3)n2)ccc1Br. The number of rotatable bonds is 3. The van der Waals surface area contributed by atoms with Crippen LogP contribution in [0, 0.1) is 13.8 Å². The number of hydrogen-bond acceptors (Lipinski definition) is 5. The van der Waals surface area contributed by atoms with Crippen molar-refractivity contribution in [2.75, 3.05) is 5.32 Å². The summed E-state index contributed by atoms with van der Waals surface area (Å²) >= 11 is 3.36. The van der Waals surface area contributed by atoms with E-state index < -0.39 is 17.9 Å². The van der Waals surface area contributed by atoms with Gasteiger partial charge in [0.25, 0.3) is 11.9 Å². The molecule has 2 heterocycles. The van der Waals surface area contributed by atoms with Gasteiger partial charge in [0.15, 0.2) is 0 Å². The zero-order valence-corrected chi connectivity index (χ0v) is 15.0. The van der Waals surface area contributed by atoms with Crippen LogP contribution < -0.4 is 5.32 Å². The lowest BCUT2D eigenvalue weighted by molar-refractivity contribution is -0.144. The molecule has 136 valence electrons. The topological polar surface area (TPSA) is 101 Å². The Labute approximate surface area is 153 Å². The minimum Gasteiger partial charge on any atom is -0.319 e. The molecule has 0 unspecified atom stereocenters. The number of hydrogen-bond donors (Lipinski definition) is 2. The van der Waals surface area contributed by atoms with Gasteiger partial charge in [-0.15, -0.1) is 10.2 Å². The molecule has 2 aromatic heterocycles. The molecule has 0 atom stereocenters. The van der Waals surface area contributed by atoms with Gasteiger partial charge in [-0.05, 0) is 37.6 Å². The maximum Gasteiger partial charge on any atom is 0.451 e. The summed E-state index contributed by atoms with van der Waals surface area (Å²) < 4.78 is 39.7. The van der Waals surface area contributed by atoms with Crippen molar-refractivity contribution in [2.45, 2.75) is 20.0 Å². The fourth-order valence-electron chi connectivity index (χ4n) is 2.06. The molecule has 3 aromatic rings. The first kappa shape index (κ1) is 18.0. The maximum atomic E-state index is 12.6. The van der Waals surface area contributed by atoms with Crippen LogP contribution in [0.3, 0.4) is 0 Å². The first-order valence-electron chi connectivity index (χ1n) is 7.16. The number of amides is 1. The van der Waals surface area contributed by atoms with Crippen molar-refractivity contribution < 1.29 is 18.0 Å². The fourth-order valence-corrected chi connectivity index (χ4v) is 2.31. The first-order valence-corrected chi connectivity index (χ1v) is 7.95. The number of halogens is 4. The molecule has 0 aliphatic carbocycles. The van der Waals surface area contributed by atoms with E-state index in [1.165, 1.54) is 6.92 Å².